The number of hydrogen-bond acceptors (Lipinski definition) is 6. The first kappa shape index (κ1) is 36.4. The van der Waals surface area contributed by atoms with Crippen LogP contribution in [0.1, 0.15) is 71.9 Å². The highest BCUT2D eigenvalue weighted by Crippen LogP contribution is 2.29. The molecule has 4 amide bonds. The molecule has 0 aromatic heterocycles. The minimum absolute atomic E-state index is 0.0355. The summed E-state index contributed by atoms with van der Waals surface area (Å²) in [6, 6.07) is 15.3. The normalized spacial score (nSPS) is 18.2. The Kier molecular flexibility index (Phi) is 13.5. The Balaban J connectivity index is 1.80. The lowest BCUT2D eigenvalue weighted by atomic mass is 9.93. The van der Waals surface area contributed by atoms with Crippen molar-refractivity contribution in [2.24, 2.45) is 11.8 Å². The molecule has 2 aromatic carbocycles. The van der Waals surface area contributed by atoms with Crippen molar-refractivity contribution < 1.29 is 28.7 Å². The number of carbonyl (C=O) groups is 5. The molecule has 10 heteroatoms. The summed E-state index contributed by atoms with van der Waals surface area (Å²) in [6.07, 6.45) is 1.82. The van der Waals surface area contributed by atoms with Gasteiger partial charge in [-0.2, -0.15) is 0 Å². The van der Waals surface area contributed by atoms with Crippen molar-refractivity contribution in [1.82, 2.24) is 21.3 Å². The van der Waals surface area contributed by atoms with Gasteiger partial charge in [0.15, 0.2) is 5.78 Å². The maximum atomic E-state index is 13.8. The van der Waals surface area contributed by atoms with Crippen LogP contribution in [0.2, 0.25) is 0 Å². The fourth-order valence-corrected chi connectivity index (χ4v) is 5.37. The van der Waals surface area contributed by atoms with E-state index in [0.29, 0.717) is 32.3 Å². The topological polar surface area (TPSA) is 146 Å². The van der Waals surface area contributed by atoms with Crippen LogP contribution in [-0.2, 0) is 41.6 Å². The number of amides is 4. The van der Waals surface area contributed by atoms with Gasteiger partial charge in [-0.1, -0.05) is 88.4 Å². The number of aryl methyl sites for hydroxylation is 1. The molecule has 250 valence electrons. The smallest absolute Gasteiger partial charge is 0.243 e. The molecular formula is C36H50N4O6. The number of nitrogens with one attached hydrogen (secondary N) is 4. The number of hydrogen-bond donors (Lipinski definition) is 4. The Morgan fingerprint density at radius 3 is 1.65 bits per heavy atom. The molecule has 1 aliphatic heterocycles. The first-order valence-electron chi connectivity index (χ1n) is 16.2. The second-order valence-corrected chi connectivity index (χ2v) is 13.3. The van der Waals surface area contributed by atoms with Crippen molar-refractivity contribution in [3.63, 3.8) is 0 Å². The summed E-state index contributed by atoms with van der Waals surface area (Å²) in [7, 11) is 0. The highest BCUT2D eigenvalue weighted by molar-refractivity contribution is 5.98. The number of epoxide rings is 1. The van der Waals surface area contributed by atoms with Crippen LogP contribution in [0, 0.1) is 11.8 Å². The van der Waals surface area contributed by atoms with Gasteiger partial charge in [-0.3, -0.25) is 24.0 Å². The number of rotatable bonds is 18. The third-order valence-corrected chi connectivity index (χ3v) is 7.95. The van der Waals surface area contributed by atoms with Crippen molar-refractivity contribution in [3.8, 4) is 0 Å². The number of ether oxygens (including phenoxy) is 1. The zero-order valence-corrected chi connectivity index (χ0v) is 27.9. The number of Topliss-reactive ketones (excluding diaryl/α,β-unsaturated/α-hetero) is 1. The quantitative estimate of drug-likeness (QED) is 0.185. The minimum Gasteiger partial charge on any atom is -0.361 e. The molecule has 3 rings (SSSR count). The van der Waals surface area contributed by atoms with Crippen LogP contribution in [0.5, 0.6) is 0 Å². The third-order valence-electron chi connectivity index (χ3n) is 7.95. The van der Waals surface area contributed by atoms with Crippen molar-refractivity contribution in [2.75, 3.05) is 6.61 Å². The molecule has 46 heavy (non-hydrogen) atoms. The fraction of sp³-hybridized carbons (Fsp3) is 0.528. The van der Waals surface area contributed by atoms with E-state index in [4.69, 9.17) is 4.74 Å². The summed E-state index contributed by atoms with van der Waals surface area (Å²) in [4.78, 5) is 66.3. The van der Waals surface area contributed by atoms with Crippen LogP contribution in [0.4, 0.5) is 0 Å². The molecule has 2 aromatic rings. The van der Waals surface area contributed by atoms with E-state index in [2.05, 4.69) is 21.3 Å². The Hall–Kier alpha value is -4.05. The molecule has 10 nitrogen and oxygen atoms in total. The summed E-state index contributed by atoms with van der Waals surface area (Å²) in [5, 5.41) is 11.3. The Morgan fingerprint density at radius 2 is 1.13 bits per heavy atom. The average molecular weight is 635 g/mol. The molecule has 1 saturated heterocycles. The van der Waals surface area contributed by atoms with Gasteiger partial charge < -0.3 is 26.0 Å². The minimum atomic E-state index is -1.01. The van der Waals surface area contributed by atoms with Gasteiger partial charge in [-0.05, 0) is 55.6 Å². The molecule has 1 aliphatic rings. The number of carbonyl (C=O) groups excluding carboxylic acids is 5. The largest absolute Gasteiger partial charge is 0.361 e. The van der Waals surface area contributed by atoms with Crippen LogP contribution >= 0.6 is 0 Å². The molecule has 1 heterocycles. The van der Waals surface area contributed by atoms with E-state index < -0.39 is 47.5 Å². The maximum Gasteiger partial charge on any atom is 0.243 e. The summed E-state index contributed by atoms with van der Waals surface area (Å²) in [5.74, 6) is -1.87. The second kappa shape index (κ2) is 17.0. The van der Waals surface area contributed by atoms with Gasteiger partial charge in [-0.25, -0.2) is 0 Å². The molecule has 5 atom stereocenters. The van der Waals surface area contributed by atoms with Gasteiger partial charge in [0, 0.05) is 13.3 Å². The van der Waals surface area contributed by atoms with Crippen LogP contribution in [0.25, 0.3) is 0 Å². The van der Waals surface area contributed by atoms with E-state index in [1.54, 1.807) is 6.92 Å². The predicted molar refractivity (Wildman–Crippen MR) is 177 cm³/mol. The van der Waals surface area contributed by atoms with Gasteiger partial charge in [0.2, 0.25) is 23.6 Å². The lowest BCUT2D eigenvalue weighted by molar-refractivity contribution is -0.135. The zero-order chi connectivity index (χ0) is 33.9. The van der Waals surface area contributed by atoms with Crippen molar-refractivity contribution >= 4 is 29.4 Å². The molecule has 0 unspecified atom stereocenters. The molecule has 1 fully saturated rings. The Bertz CT molecular complexity index is 1330. The number of ketones is 1. The summed E-state index contributed by atoms with van der Waals surface area (Å²) >= 11 is 0. The van der Waals surface area contributed by atoms with E-state index in [-0.39, 0.29) is 29.9 Å². The predicted octanol–water partition coefficient (Wildman–Crippen LogP) is 3.27. The molecular weight excluding hydrogens is 584 g/mol. The molecule has 4 N–H and O–H groups in total. The van der Waals surface area contributed by atoms with E-state index in [9.17, 15) is 24.0 Å². The average Bonchev–Trinajstić information content (AvgIpc) is 3.76. The van der Waals surface area contributed by atoms with Crippen molar-refractivity contribution in [1.29, 1.82) is 0 Å². The fourth-order valence-electron chi connectivity index (χ4n) is 5.37. The molecule has 0 radical (unpaired) electrons. The van der Waals surface area contributed by atoms with E-state index >= 15 is 0 Å². The third kappa shape index (κ3) is 11.7. The van der Waals surface area contributed by atoms with Gasteiger partial charge in [0.1, 0.15) is 23.7 Å². The molecule has 0 spiro atoms. The maximum absolute atomic E-state index is 13.8. The lowest BCUT2D eigenvalue weighted by Gasteiger charge is -2.28. The highest BCUT2D eigenvalue weighted by atomic mass is 16.6. The first-order chi connectivity index (χ1) is 21.8. The molecule has 0 bridgehead atoms. The Morgan fingerprint density at radius 1 is 0.674 bits per heavy atom. The van der Waals surface area contributed by atoms with E-state index in [1.807, 2.05) is 88.4 Å². The van der Waals surface area contributed by atoms with E-state index in [0.717, 1.165) is 11.1 Å². The SMILES string of the molecule is CC(=O)N[C@@H](CCc1ccccc1)C(=O)N[C@@H](CC(C)C)C(=O)N[C@@H](Cc1ccccc1)C(=O)N[C@@H](CC(C)C)C(=O)[C@@]1(C)CO1. The zero-order valence-electron chi connectivity index (χ0n) is 27.9. The molecule has 0 aliphatic carbocycles. The summed E-state index contributed by atoms with van der Waals surface area (Å²) in [5.41, 5.74) is 0.930. The first-order valence-corrected chi connectivity index (χ1v) is 16.2. The van der Waals surface area contributed by atoms with Crippen LogP contribution < -0.4 is 21.3 Å². The monoisotopic (exact) mass is 634 g/mol. The van der Waals surface area contributed by atoms with Crippen molar-refractivity contribution in [3.05, 3.63) is 71.8 Å². The number of benzene rings is 2. The van der Waals surface area contributed by atoms with Crippen LogP contribution in [-0.4, -0.2) is 65.8 Å². The second-order valence-electron chi connectivity index (χ2n) is 13.3. The van der Waals surface area contributed by atoms with Gasteiger partial charge in [-0.15, -0.1) is 0 Å². The summed E-state index contributed by atoms with van der Waals surface area (Å²) in [6.45, 7) is 11.2. The van der Waals surface area contributed by atoms with E-state index in [1.165, 1.54) is 6.92 Å². The van der Waals surface area contributed by atoms with Gasteiger partial charge in [0.25, 0.3) is 0 Å². The highest BCUT2D eigenvalue weighted by Gasteiger charge is 2.50. The Labute approximate surface area is 272 Å². The summed E-state index contributed by atoms with van der Waals surface area (Å²) < 4.78 is 5.38. The van der Waals surface area contributed by atoms with Crippen LogP contribution in [0.15, 0.2) is 60.7 Å². The van der Waals surface area contributed by atoms with Crippen LogP contribution in [0.3, 0.4) is 0 Å². The molecule has 0 saturated carbocycles. The van der Waals surface area contributed by atoms with Crippen molar-refractivity contribution in [2.45, 2.75) is 103 Å². The van der Waals surface area contributed by atoms with Gasteiger partial charge in [0.05, 0.1) is 12.6 Å². The lowest BCUT2D eigenvalue weighted by Crippen LogP contribution is -2.59. The standard InChI is InChI=1S/C36H50N4O6/c1-23(2)19-29(32(42)36(6)22-46-36)38-35(45)31(21-27-15-11-8-12-16-27)40-34(44)30(20-24(3)4)39-33(43)28(37-25(5)41)18-17-26-13-9-7-10-14-26/h7-16,23-24,28-31H,17-22H2,1-6H3,(H,37,41)(H,38,45)(H,39,43)(H,40,44)/t28-,29-,30-,31-,36+/m0/s1. The van der Waals surface area contributed by atoms with Gasteiger partial charge >= 0.3 is 0 Å².